The molecule has 1 N–H and O–H groups in total. The highest BCUT2D eigenvalue weighted by molar-refractivity contribution is 5.92. The van der Waals surface area contributed by atoms with Crippen LogP contribution in [-0.4, -0.2) is 43.0 Å². The lowest BCUT2D eigenvalue weighted by molar-refractivity contribution is -0.132. The number of hydrogen-bond acceptors (Lipinski definition) is 3. The maximum absolute atomic E-state index is 12.4. The summed E-state index contributed by atoms with van der Waals surface area (Å²) in [6.45, 7) is 6.78. The Labute approximate surface area is 162 Å². The fourth-order valence-electron chi connectivity index (χ4n) is 3.21. The van der Waals surface area contributed by atoms with Gasteiger partial charge in [0.05, 0.1) is 6.61 Å². The number of carbonyl (C=O) groups is 2. The lowest BCUT2D eigenvalue weighted by atomic mass is 9.95. The van der Waals surface area contributed by atoms with E-state index in [2.05, 4.69) is 12.2 Å². The Morgan fingerprint density at radius 3 is 2.48 bits per heavy atom. The summed E-state index contributed by atoms with van der Waals surface area (Å²) in [7, 11) is 0. The van der Waals surface area contributed by atoms with Crippen LogP contribution in [0.3, 0.4) is 0 Å². The van der Waals surface area contributed by atoms with Crippen LogP contribution in [0.15, 0.2) is 30.3 Å². The minimum atomic E-state index is 0.00527. The standard InChI is InChI=1S/C22H32N2O3/c1-3-5-6-15-23-22(26)19-13-16-24(17-14-19)21(25)12-9-18-7-10-20(11-8-18)27-4-2/h7-12,19H,3-6,13-17H2,1-2H3,(H,23,26)/b12-9+. The number of rotatable bonds is 9. The number of hydrogen-bond donors (Lipinski definition) is 1. The van der Waals surface area contributed by atoms with Crippen molar-refractivity contribution in [1.29, 1.82) is 0 Å². The summed E-state index contributed by atoms with van der Waals surface area (Å²) in [4.78, 5) is 26.4. The van der Waals surface area contributed by atoms with Crippen LogP contribution >= 0.6 is 0 Å². The van der Waals surface area contributed by atoms with Crippen LogP contribution in [0, 0.1) is 5.92 Å². The van der Waals surface area contributed by atoms with Gasteiger partial charge in [0.15, 0.2) is 0 Å². The maximum Gasteiger partial charge on any atom is 0.246 e. The van der Waals surface area contributed by atoms with Gasteiger partial charge in [0.2, 0.25) is 11.8 Å². The zero-order valence-corrected chi connectivity index (χ0v) is 16.6. The lowest BCUT2D eigenvalue weighted by Crippen LogP contribution is -2.42. The van der Waals surface area contributed by atoms with E-state index < -0.39 is 0 Å². The number of unbranched alkanes of at least 4 members (excludes halogenated alkanes) is 2. The van der Waals surface area contributed by atoms with Crippen LogP contribution in [0.4, 0.5) is 0 Å². The van der Waals surface area contributed by atoms with Gasteiger partial charge in [-0.3, -0.25) is 9.59 Å². The average molecular weight is 373 g/mol. The molecule has 5 nitrogen and oxygen atoms in total. The summed E-state index contributed by atoms with van der Waals surface area (Å²) in [6.07, 6.45) is 8.25. The number of nitrogens with one attached hydrogen (secondary N) is 1. The van der Waals surface area contributed by atoms with Gasteiger partial charge < -0.3 is 15.0 Å². The summed E-state index contributed by atoms with van der Waals surface area (Å²) >= 11 is 0. The Kier molecular flexibility index (Phi) is 8.89. The molecular weight excluding hydrogens is 340 g/mol. The molecule has 0 saturated carbocycles. The van der Waals surface area contributed by atoms with Gasteiger partial charge in [-0.15, -0.1) is 0 Å². The molecule has 1 fully saturated rings. The Morgan fingerprint density at radius 2 is 1.85 bits per heavy atom. The smallest absolute Gasteiger partial charge is 0.246 e. The van der Waals surface area contributed by atoms with Crippen molar-refractivity contribution < 1.29 is 14.3 Å². The summed E-state index contributed by atoms with van der Waals surface area (Å²) in [5.74, 6) is 1.01. The first kappa shape index (κ1) is 21.0. The van der Waals surface area contributed by atoms with Crippen molar-refractivity contribution in [1.82, 2.24) is 10.2 Å². The topological polar surface area (TPSA) is 58.6 Å². The van der Waals surface area contributed by atoms with E-state index >= 15 is 0 Å². The first-order valence-corrected chi connectivity index (χ1v) is 10.1. The van der Waals surface area contributed by atoms with E-state index in [1.165, 1.54) is 0 Å². The summed E-state index contributed by atoms with van der Waals surface area (Å²) < 4.78 is 5.42. The zero-order chi connectivity index (χ0) is 19.5. The minimum absolute atomic E-state index is 0.00527. The van der Waals surface area contributed by atoms with Gasteiger partial charge in [0, 0.05) is 31.6 Å². The molecule has 0 aliphatic carbocycles. The molecule has 148 valence electrons. The number of piperidine rings is 1. The predicted octanol–water partition coefficient (Wildman–Crippen LogP) is 3.64. The van der Waals surface area contributed by atoms with Crippen LogP contribution in [0.2, 0.25) is 0 Å². The van der Waals surface area contributed by atoms with Crippen molar-refractivity contribution in [2.24, 2.45) is 5.92 Å². The molecule has 27 heavy (non-hydrogen) atoms. The molecule has 1 aromatic carbocycles. The van der Waals surface area contributed by atoms with E-state index in [-0.39, 0.29) is 17.7 Å². The lowest BCUT2D eigenvalue weighted by Gasteiger charge is -2.30. The third kappa shape index (κ3) is 7.08. The first-order valence-electron chi connectivity index (χ1n) is 10.1. The quantitative estimate of drug-likeness (QED) is 0.532. The fraction of sp³-hybridized carbons (Fsp3) is 0.545. The van der Waals surface area contributed by atoms with E-state index in [1.807, 2.05) is 42.2 Å². The number of carbonyl (C=O) groups excluding carboxylic acids is 2. The van der Waals surface area contributed by atoms with Crippen molar-refractivity contribution >= 4 is 17.9 Å². The van der Waals surface area contributed by atoms with Crippen molar-refractivity contribution in [3.05, 3.63) is 35.9 Å². The molecule has 0 unspecified atom stereocenters. The second-order valence-electron chi connectivity index (χ2n) is 6.93. The molecule has 0 bridgehead atoms. The molecule has 1 heterocycles. The molecule has 1 aromatic rings. The Bertz CT molecular complexity index is 617. The predicted molar refractivity (Wildman–Crippen MR) is 108 cm³/mol. The van der Waals surface area contributed by atoms with E-state index in [0.29, 0.717) is 19.7 Å². The molecule has 0 spiro atoms. The maximum atomic E-state index is 12.4. The van der Waals surface area contributed by atoms with Gasteiger partial charge in [0.25, 0.3) is 0 Å². The Balaban J connectivity index is 1.74. The third-order valence-electron chi connectivity index (χ3n) is 4.87. The van der Waals surface area contributed by atoms with Gasteiger partial charge >= 0.3 is 0 Å². The largest absolute Gasteiger partial charge is 0.494 e. The monoisotopic (exact) mass is 372 g/mol. The second-order valence-corrected chi connectivity index (χ2v) is 6.93. The molecule has 2 amide bonds. The Morgan fingerprint density at radius 1 is 1.15 bits per heavy atom. The van der Waals surface area contributed by atoms with E-state index in [4.69, 9.17) is 4.74 Å². The van der Waals surface area contributed by atoms with Crippen molar-refractivity contribution in [2.75, 3.05) is 26.2 Å². The molecule has 1 saturated heterocycles. The summed E-state index contributed by atoms with van der Waals surface area (Å²) in [6, 6.07) is 7.67. The highest BCUT2D eigenvalue weighted by atomic mass is 16.5. The van der Waals surface area contributed by atoms with Crippen LogP contribution < -0.4 is 10.1 Å². The van der Waals surface area contributed by atoms with Crippen LogP contribution in [-0.2, 0) is 9.59 Å². The van der Waals surface area contributed by atoms with Crippen LogP contribution in [0.25, 0.3) is 6.08 Å². The number of benzene rings is 1. The highest BCUT2D eigenvalue weighted by Gasteiger charge is 2.26. The number of likely N-dealkylation sites (tertiary alicyclic amines) is 1. The second kappa shape index (κ2) is 11.4. The summed E-state index contributed by atoms with van der Waals surface area (Å²) in [5, 5.41) is 3.02. The number of amides is 2. The van der Waals surface area contributed by atoms with Gasteiger partial charge in [-0.25, -0.2) is 0 Å². The number of ether oxygens (including phenoxy) is 1. The normalized spacial score (nSPS) is 15.1. The zero-order valence-electron chi connectivity index (χ0n) is 16.6. The molecule has 0 radical (unpaired) electrons. The molecule has 2 rings (SSSR count). The van der Waals surface area contributed by atoms with Gasteiger partial charge in [-0.2, -0.15) is 0 Å². The van der Waals surface area contributed by atoms with Crippen molar-refractivity contribution in [3.63, 3.8) is 0 Å². The highest BCUT2D eigenvalue weighted by Crippen LogP contribution is 2.18. The Hall–Kier alpha value is -2.30. The minimum Gasteiger partial charge on any atom is -0.494 e. The van der Waals surface area contributed by atoms with Gasteiger partial charge in [-0.05, 0) is 50.0 Å². The van der Waals surface area contributed by atoms with Gasteiger partial charge in [-0.1, -0.05) is 31.9 Å². The van der Waals surface area contributed by atoms with E-state index in [0.717, 1.165) is 50.0 Å². The molecule has 1 aliphatic heterocycles. The number of nitrogens with zero attached hydrogens (tertiary/aromatic N) is 1. The fourth-order valence-corrected chi connectivity index (χ4v) is 3.21. The van der Waals surface area contributed by atoms with E-state index in [1.54, 1.807) is 6.08 Å². The first-order chi connectivity index (χ1) is 13.1. The van der Waals surface area contributed by atoms with Crippen LogP contribution in [0.1, 0.15) is 51.5 Å². The van der Waals surface area contributed by atoms with Gasteiger partial charge in [0.1, 0.15) is 5.75 Å². The molecule has 0 aromatic heterocycles. The third-order valence-corrected chi connectivity index (χ3v) is 4.87. The van der Waals surface area contributed by atoms with Crippen molar-refractivity contribution in [2.45, 2.75) is 46.0 Å². The molecule has 1 aliphatic rings. The van der Waals surface area contributed by atoms with Crippen LogP contribution in [0.5, 0.6) is 5.75 Å². The summed E-state index contributed by atoms with van der Waals surface area (Å²) in [5.41, 5.74) is 0.966. The molecular formula is C22H32N2O3. The average Bonchev–Trinajstić information content (AvgIpc) is 2.70. The molecule has 5 heteroatoms. The molecule has 0 atom stereocenters. The van der Waals surface area contributed by atoms with E-state index in [9.17, 15) is 9.59 Å². The SMILES string of the molecule is CCCCCNC(=O)C1CCN(C(=O)/C=C/c2ccc(OCC)cc2)CC1. The van der Waals surface area contributed by atoms with Crippen molar-refractivity contribution in [3.8, 4) is 5.75 Å².